The van der Waals surface area contributed by atoms with Crippen LogP contribution in [0.25, 0.3) is 11.1 Å². The number of amides is 1. The van der Waals surface area contributed by atoms with Crippen molar-refractivity contribution in [2.75, 3.05) is 18.8 Å². The lowest BCUT2D eigenvalue weighted by Crippen LogP contribution is -2.37. The predicted molar refractivity (Wildman–Crippen MR) is 103 cm³/mol. The molecule has 1 unspecified atom stereocenters. The van der Waals surface area contributed by atoms with Gasteiger partial charge in [0.25, 0.3) is 0 Å². The van der Waals surface area contributed by atoms with Crippen molar-refractivity contribution in [3.63, 3.8) is 0 Å². The van der Waals surface area contributed by atoms with Crippen LogP contribution >= 0.6 is 11.3 Å². The molecule has 0 bridgehead atoms. The minimum absolute atomic E-state index is 0.0810. The standard InChI is InChI=1S/C18H18N2O5S2/c21-17(12-20-13-4-1-2-5-14(13)25-18(20)22)19-8-7-16(15-6-3-10-26-15)27(23,24)11-9-19/h1-6,10,16H,7-9,11-12H2. The fraction of sp³-hybridized carbons (Fsp3) is 0.333. The van der Waals surface area contributed by atoms with E-state index in [9.17, 15) is 18.0 Å². The summed E-state index contributed by atoms with van der Waals surface area (Å²) >= 11 is 1.42. The highest BCUT2D eigenvalue weighted by Crippen LogP contribution is 2.32. The molecule has 9 heteroatoms. The number of nitrogens with zero attached hydrogens (tertiary/aromatic N) is 2. The SMILES string of the molecule is O=C(Cn1c(=O)oc2ccccc21)N1CCC(c2cccs2)S(=O)(=O)CC1. The number of hydrogen-bond donors (Lipinski definition) is 0. The zero-order valence-corrected chi connectivity index (χ0v) is 16.0. The van der Waals surface area contributed by atoms with Crippen LogP contribution in [-0.4, -0.2) is 42.6 Å². The average molecular weight is 406 g/mol. The summed E-state index contributed by atoms with van der Waals surface area (Å²) in [5, 5.41) is 1.28. The Labute approximate surface area is 159 Å². The molecule has 1 aliphatic heterocycles. The summed E-state index contributed by atoms with van der Waals surface area (Å²) in [7, 11) is -3.32. The Kier molecular flexibility index (Phi) is 4.65. The van der Waals surface area contributed by atoms with Crippen LogP contribution in [0.3, 0.4) is 0 Å². The van der Waals surface area contributed by atoms with E-state index in [4.69, 9.17) is 4.42 Å². The van der Waals surface area contributed by atoms with Crippen molar-refractivity contribution in [3.05, 3.63) is 57.2 Å². The molecule has 1 saturated heterocycles. The van der Waals surface area contributed by atoms with Gasteiger partial charge in [0.15, 0.2) is 15.4 Å². The van der Waals surface area contributed by atoms with Crippen LogP contribution in [0.5, 0.6) is 0 Å². The van der Waals surface area contributed by atoms with E-state index in [1.807, 2.05) is 17.5 Å². The number of sulfone groups is 1. The van der Waals surface area contributed by atoms with Gasteiger partial charge in [0, 0.05) is 18.0 Å². The van der Waals surface area contributed by atoms with Crippen LogP contribution in [0, 0.1) is 0 Å². The maximum absolute atomic E-state index is 12.8. The van der Waals surface area contributed by atoms with Crippen molar-refractivity contribution in [1.29, 1.82) is 0 Å². The highest BCUT2D eigenvalue weighted by molar-refractivity contribution is 7.91. The maximum Gasteiger partial charge on any atom is 0.420 e. The Hall–Kier alpha value is -2.39. The monoisotopic (exact) mass is 406 g/mol. The van der Waals surface area contributed by atoms with Crippen molar-refractivity contribution in [2.45, 2.75) is 18.2 Å². The lowest BCUT2D eigenvalue weighted by molar-refractivity contribution is -0.131. The summed E-state index contributed by atoms with van der Waals surface area (Å²) in [6.07, 6.45) is 0.357. The van der Waals surface area contributed by atoms with Gasteiger partial charge in [-0.1, -0.05) is 18.2 Å². The van der Waals surface area contributed by atoms with E-state index in [2.05, 4.69) is 0 Å². The van der Waals surface area contributed by atoms with E-state index in [0.717, 1.165) is 4.88 Å². The molecule has 1 amide bonds. The largest absolute Gasteiger partial charge is 0.420 e. The molecule has 27 heavy (non-hydrogen) atoms. The van der Waals surface area contributed by atoms with Crippen LogP contribution in [0.2, 0.25) is 0 Å². The minimum Gasteiger partial charge on any atom is -0.408 e. The molecule has 1 fully saturated rings. The normalized spacial score (nSPS) is 19.9. The first-order chi connectivity index (χ1) is 13.0. The molecule has 142 valence electrons. The van der Waals surface area contributed by atoms with Crippen molar-refractivity contribution >= 4 is 38.2 Å². The van der Waals surface area contributed by atoms with Crippen LogP contribution in [0.1, 0.15) is 16.5 Å². The van der Waals surface area contributed by atoms with Gasteiger partial charge >= 0.3 is 5.76 Å². The molecule has 1 atom stereocenters. The number of rotatable bonds is 3. The summed E-state index contributed by atoms with van der Waals surface area (Å²) in [4.78, 5) is 27.2. The molecule has 4 rings (SSSR count). The number of benzene rings is 1. The van der Waals surface area contributed by atoms with Gasteiger partial charge in [-0.2, -0.15) is 0 Å². The van der Waals surface area contributed by atoms with Crippen molar-refractivity contribution in [3.8, 4) is 0 Å². The minimum atomic E-state index is -3.32. The van der Waals surface area contributed by atoms with E-state index in [1.54, 1.807) is 24.3 Å². The van der Waals surface area contributed by atoms with E-state index in [1.165, 1.54) is 20.8 Å². The van der Waals surface area contributed by atoms with Crippen molar-refractivity contribution in [2.24, 2.45) is 0 Å². The van der Waals surface area contributed by atoms with Gasteiger partial charge in [-0.3, -0.25) is 9.36 Å². The van der Waals surface area contributed by atoms with Gasteiger partial charge in [0.2, 0.25) is 5.91 Å². The van der Waals surface area contributed by atoms with E-state index >= 15 is 0 Å². The lowest BCUT2D eigenvalue weighted by Gasteiger charge is -2.20. The van der Waals surface area contributed by atoms with E-state index in [0.29, 0.717) is 24.1 Å². The molecule has 0 aliphatic carbocycles. The molecule has 0 saturated carbocycles. The lowest BCUT2D eigenvalue weighted by atomic mass is 10.2. The molecular formula is C18H18N2O5S2. The molecule has 0 spiro atoms. The highest BCUT2D eigenvalue weighted by atomic mass is 32.2. The number of aromatic nitrogens is 1. The summed E-state index contributed by atoms with van der Waals surface area (Å²) in [6, 6.07) is 10.6. The maximum atomic E-state index is 12.8. The van der Waals surface area contributed by atoms with Gasteiger partial charge in [0.1, 0.15) is 6.54 Å². The zero-order valence-electron chi connectivity index (χ0n) is 14.4. The van der Waals surface area contributed by atoms with Crippen molar-refractivity contribution < 1.29 is 17.6 Å². The quantitative estimate of drug-likeness (QED) is 0.664. The van der Waals surface area contributed by atoms with Gasteiger partial charge in [-0.25, -0.2) is 13.2 Å². The number of hydrogen-bond acceptors (Lipinski definition) is 6. The van der Waals surface area contributed by atoms with Gasteiger partial charge in [0.05, 0.1) is 16.5 Å². The zero-order chi connectivity index (χ0) is 19.0. The Morgan fingerprint density at radius 2 is 2.00 bits per heavy atom. The molecule has 7 nitrogen and oxygen atoms in total. The van der Waals surface area contributed by atoms with Crippen molar-refractivity contribution in [1.82, 2.24) is 9.47 Å². The average Bonchev–Trinajstić information content (AvgIpc) is 3.22. The molecule has 3 aromatic rings. The number of carbonyl (C=O) groups excluding carboxylic acids is 1. The van der Waals surface area contributed by atoms with Gasteiger partial charge in [-0.05, 0) is 30.0 Å². The van der Waals surface area contributed by atoms with Gasteiger partial charge in [-0.15, -0.1) is 11.3 Å². The number of carbonyl (C=O) groups is 1. The van der Waals surface area contributed by atoms with Crippen LogP contribution in [0.15, 0.2) is 51.0 Å². The first kappa shape index (κ1) is 18.0. The molecular weight excluding hydrogens is 388 g/mol. The third-order valence-corrected chi connectivity index (χ3v) is 8.06. The predicted octanol–water partition coefficient (Wildman–Crippen LogP) is 2.04. The van der Waals surface area contributed by atoms with E-state index in [-0.39, 0.29) is 24.7 Å². The fourth-order valence-electron chi connectivity index (χ4n) is 3.39. The van der Waals surface area contributed by atoms with Crippen LogP contribution < -0.4 is 5.76 Å². The Morgan fingerprint density at radius 1 is 1.19 bits per heavy atom. The number of thiophene rings is 1. The number of fused-ring (bicyclic) bond motifs is 1. The van der Waals surface area contributed by atoms with E-state index < -0.39 is 20.8 Å². The summed E-state index contributed by atoms with van der Waals surface area (Å²) in [5.74, 6) is -0.961. The molecule has 0 N–H and O–H groups in total. The first-order valence-electron chi connectivity index (χ1n) is 8.57. The third kappa shape index (κ3) is 3.44. The second-order valence-electron chi connectivity index (χ2n) is 6.46. The molecule has 0 radical (unpaired) electrons. The highest BCUT2D eigenvalue weighted by Gasteiger charge is 2.33. The van der Waals surface area contributed by atoms with Crippen LogP contribution in [0.4, 0.5) is 0 Å². The Bertz CT molecular complexity index is 1130. The summed E-state index contributed by atoms with van der Waals surface area (Å²) in [5.41, 5.74) is 0.973. The Balaban J connectivity index is 1.55. The number of para-hydroxylation sites is 2. The first-order valence-corrected chi connectivity index (χ1v) is 11.2. The van der Waals surface area contributed by atoms with Crippen LogP contribution in [-0.2, 0) is 21.2 Å². The summed E-state index contributed by atoms with van der Waals surface area (Å²) < 4.78 is 31.7. The smallest absolute Gasteiger partial charge is 0.408 e. The fourth-order valence-corrected chi connectivity index (χ4v) is 6.39. The Morgan fingerprint density at radius 3 is 2.78 bits per heavy atom. The molecule has 1 aromatic carbocycles. The molecule has 3 heterocycles. The van der Waals surface area contributed by atoms with Gasteiger partial charge < -0.3 is 9.32 Å². The second-order valence-corrected chi connectivity index (χ2v) is 9.74. The topological polar surface area (TPSA) is 89.6 Å². The third-order valence-electron chi connectivity index (χ3n) is 4.82. The summed E-state index contributed by atoms with van der Waals surface area (Å²) in [6.45, 7) is 0.304. The number of oxazole rings is 1. The molecule has 1 aliphatic rings. The second kappa shape index (κ2) is 6.97. The molecule has 2 aromatic heterocycles.